The number of hydrogen-bond acceptors (Lipinski definition) is 6. The summed E-state index contributed by atoms with van der Waals surface area (Å²) in [5.74, 6) is 2.62. The highest BCUT2D eigenvalue weighted by atomic mass is 32.1. The van der Waals surface area contributed by atoms with Crippen LogP contribution in [0.15, 0.2) is 30.6 Å². The van der Waals surface area contributed by atoms with Crippen LogP contribution in [0.1, 0.15) is 10.4 Å². The number of hydrogen-bond donors (Lipinski definition) is 0. The summed E-state index contributed by atoms with van der Waals surface area (Å²) in [6, 6.07) is 7.61. The molecule has 0 aliphatic rings. The number of aromatic nitrogens is 2. The van der Waals surface area contributed by atoms with Gasteiger partial charge in [0.1, 0.15) is 35.1 Å². The Hall–Kier alpha value is -2.34. The zero-order chi connectivity index (χ0) is 17.1. The van der Waals surface area contributed by atoms with Crippen molar-refractivity contribution in [2.45, 2.75) is 13.8 Å². The van der Waals surface area contributed by atoms with E-state index in [1.807, 2.05) is 31.3 Å². The van der Waals surface area contributed by atoms with E-state index >= 15 is 0 Å². The molecule has 0 radical (unpaired) electrons. The fourth-order valence-corrected chi connectivity index (χ4v) is 3.52. The number of thiophene rings is 1. The van der Waals surface area contributed by atoms with Gasteiger partial charge in [-0.2, -0.15) is 0 Å². The third kappa shape index (κ3) is 3.28. The molecule has 0 saturated heterocycles. The van der Waals surface area contributed by atoms with Gasteiger partial charge in [-0.3, -0.25) is 0 Å². The van der Waals surface area contributed by atoms with Crippen molar-refractivity contribution < 1.29 is 9.47 Å². The number of nitrogens with zero attached hydrogens (tertiary/aromatic N) is 3. The van der Waals surface area contributed by atoms with E-state index < -0.39 is 0 Å². The maximum Gasteiger partial charge on any atom is 0.140 e. The molecular formula is C18H21N3O2S. The van der Waals surface area contributed by atoms with Crippen molar-refractivity contribution in [2.24, 2.45) is 0 Å². The molecule has 126 valence electrons. The molecule has 0 saturated carbocycles. The molecule has 2 aromatic heterocycles. The van der Waals surface area contributed by atoms with E-state index in [4.69, 9.17) is 9.47 Å². The van der Waals surface area contributed by atoms with Crippen LogP contribution < -0.4 is 14.4 Å². The quantitative estimate of drug-likeness (QED) is 0.681. The first-order valence-corrected chi connectivity index (χ1v) is 8.60. The highest BCUT2D eigenvalue weighted by Gasteiger charge is 2.14. The van der Waals surface area contributed by atoms with Gasteiger partial charge in [0.15, 0.2) is 0 Å². The predicted molar refractivity (Wildman–Crippen MR) is 98.6 cm³/mol. The molecule has 0 spiro atoms. The van der Waals surface area contributed by atoms with Crippen molar-refractivity contribution in [2.75, 3.05) is 32.2 Å². The van der Waals surface area contributed by atoms with E-state index in [9.17, 15) is 0 Å². The summed E-state index contributed by atoms with van der Waals surface area (Å²) in [7, 11) is 3.69. The molecule has 24 heavy (non-hydrogen) atoms. The van der Waals surface area contributed by atoms with E-state index in [-0.39, 0.29) is 0 Å². The van der Waals surface area contributed by atoms with E-state index in [2.05, 4.69) is 28.7 Å². The molecule has 3 aromatic rings. The van der Waals surface area contributed by atoms with E-state index in [0.717, 1.165) is 34.1 Å². The van der Waals surface area contributed by atoms with Gasteiger partial charge in [-0.25, -0.2) is 9.97 Å². The summed E-state index contributed by atoms with van der Waals surface area (Å²) in [5, 5.41) is 1.15. The van der Waals surface area contributed by atoms with Crippen molar-refractivity contribution in [1.82, 2.24) is 9.97 Å². The van der Waals surface area contributed by atoms with Crippen LogP contribution in [-0.2, 0) is 0 Å². The molecule has 0 bridgehead atoms. The number of likely N-dealkylation sites (N-methyl/N-ethyl adjacent to an activating group) is 1. The van der Waals surface area contributed by atoms with Crippen LogP contribution in [0.3, 0.4) is 0 Å². The van der Waals surface area contributed by atoms with Gasteiger partial charge >= 0.3 is 0 Å². The smallest absolute Gasteiger partial charge is 0.140 e. The lowest BCUT2D eigenvalue weighted by molar-refractivity contribution is 0.325. The second-order valence-electron chi connectivity index (χ2n) is 5.61. The minimum Gasteiger partial charge on any atom is -0.497 e. The molecule has 5 nitrogen and oxygen atoms in total. The number of aryl methyl sites for hydroxylation is 2. The van der Waals surface area contributed by atoms with E-state index in [1.54, 1.807) is 24.8 Å². The monoisotopic (exact) mass is 343 g/mol. The van der Waals surface area contributed by atoms with Gasteiger partial charge in [-0.1, -0.05) is 0 Å². The highest BCUT2D eigenvalue weighted by molar-refractivity contribution is 7.18. The largest absolute Gasteiger partial charge is 0.497 e. The minimum atomic E-state index is 0.580. The lowest BCUT2D eigenvalue weighted by atomic mass is 10.2. The molecule has 1 aromatic carbocycles. The van der Waals surface area contributed by atoms with Gasteiger partial charge in [0.05, 0.1) is 19.0 Å². The van der Waals surface area contributed by atoms with Crippen LogP contribution in [0, 0.1) is 13.8 Å². The molecule has 0 unspecified atom stereocenters. The highest BCUT2D eigenvalue weighted by Crippen LogP contribution is 2.33. The molecule has 0 amide bonds. The molecule has 0 fully saturated rings. The zero-order valence-electron chi connectivity index (χ0n) is 14.4. The third-order valence-electron chi connectivity index (χ3n) is 4.06. The summed E-state index contributed by atoms with van der Waals surface area (Å²) < 4.78 is 11.0. The normalized spacial score (nSPS) is 10.8. The summed E-state index contributed by atoms with van der Waals surface area (Å²) in [6.45, 7) is 5.57. The van der Waals surface area contributed by atoms with Gasteiger partial charge in [0.2, 0.25) is 0 Å². The third-order valence-corrected chi connectivity index (χ3v) is 5.18. The first-order chi connectivity index (χ1) is 11.6. The van der Waals surface area contributed by atoms with E-state index in [0.29, 0.717) is 6.61 Å². The van der Waals surface area contributed by atoms with Crippen LogP contribution in [-0.4, -0.2) is 37.3 Å². The average Bonchev–Trinajstić information content (AvgIpc) is 2.90. The topological polar surface area (TPSA) is 47.5 Å². The van der Waals surface area contributed by atoms with Crippen LogP contribution in [0.2, 0.25) is 0 Å². The molecule has 2 heterocycles. The Labute approximate surface area is 145 Å². The van der Waals surface area contributed by atoms with Crippen LogP contribution in [0.25, 0.3) is 10.2 Å². The van der Waals surface area contributed by atoms with Crippen molar-refractivity contribution in [1.29, 1.82) is 0 Å². The second kappa shape index (κ2) is 7.05. The lowest BCUT2D eigenvalue weighted by Crippen LogP contribution is -2.25. The molecule has 0 aliphatic carbocycles. The number of fused-ring (bicyclic) bond motifs is 1. The van der Waals surface area contributed by atoms with Crippen molar-refractivity contribution in [3.8, 4) is 11.5 Å². The zero-order valence-corrected chi connectivity index (χ0v) is 15.2. The fourth-order valence-electron chi connectivity index (χ4n) is 2.53. The number of anilines is 1. The van der Waals surface area contributed by atoms with Crippen molar-refractivity contribution in [3.63, 3.8) is 0 Å². The summed E-state index contributed by atoms with van der Waals surface area (Å²) in [4.78, 5) is 13.3. The number of methoxy groups -OCH3 is 1. The Bertz CT molecular complexity index is 830. The number of rotatable bonds is 6. The first-order valence-electron chi connectivity index (χ1n) is 7.79. The van der Waals surface area contributed by atoms with Crippen LogP contribution in [0.4, 0.5) is 5.82 Å². The van der Waals surface area contributed by atoms with Gasteiger partial charge in [-0.05, 0) is 43.7 Å². The van der Waals surface area contributed by atoms with Crippen LogP contribution in [0.5, 0.6) is 11.5 Å². The van der Waals surface area contributed by atoms with Crippen LogP contribution >= 0.6 is 11.3 Å². The van der Waals surface area contributed by atoms with E-state index in [1.165, 1.54) is 10.4 Å². The summed E-state index contributed by atoms with van der Waals surface area (Å²) in [5.41, 5.74) is 1.26. The van der Waals surface area contributed by atoms with Gasteiger partial charge in [0.25, 0.3) is 0 Å². The Morgan fingerprint density at radius 3 is 2.50 bits per heavy atom. The SMILES string of the molecule is COc1ccc(OCCN(C)c2ncnc3sc(C)c(C)c23)cc1. The summed E-state index contributed by atoms with van der Waals surface area (Å²) >= 11 is 1.71. The molecule has 0 atom stereocenters. The van der Waals surface area contributed by atoms with Gasteiger partial charge < -0.3 is 14.4 Å². The Kier molecular flexibility index (Phi) is 4.85. The maximum atomic E-state index is 5.81. The minimum absolute atomic E-state index is 0.580. The molecular weight excluding hydrogens is 322 g/mol. The number of ether oxygens (including phenoxy) is 2. The first kappa shape index (κ1) is 16.5. The Morgan fingerprint density at radius 2 is 1.79 bits per heavy atom. The summed E-state index contributed by atoms with van der Waals surface area (Å²) in [6.07, 6.45) is 1.63. The Morgan fingerprint density at radius 1 is 1.08 bits per heavy atom. The molecule has 0 aliphatic heterocycles. The predicted octanol–water partition coefficient (Wildman–Crippen LogP) is 3.83. The van der Waals surface area contributed by atoms with Crippen molar-refractivity contribution >= 4 is 27.4 Å². The standard InChI is InChI=1S/C18H21N3O2S/c1-12-13(2)24-18-16(12)17(19-11-20-18)21(3)9-10-23-15-7-5-14(22-4)6-8-15/h5-8,11H,9-10H2,1-4H3. The molecule has 0 N–H and O–H groups in total. The van der Waals surface area contributed by atoms with Gasteiger partial charge in [-0.15, -0.1) is 11.3 Å². The molecule has 3 rings (SSSR count). The van der Waals surface area contributed by atoms with Crippen molar-refractivity contribution in [3.05, 3.63) is 41.0 Å². The lowest BCUT2D eigenvalue weighted by Gasteiger charge is -2.19. The molecule has 6 heteroatoms. The number of benzene rings is 1. The average molecular weight is 343 g/mol. The second-order valence-corrected chi connectivity index (χ2v) is 6.81. The Balaban J connectivity index is 1.67. The van der Waals surface area contributed by atoms with Gasteiger partial charge in [0, 0.05) is 11.9 Å². The fraction of sp³-hybridized carbons (Fsp3) is 0.333. The maximum absolute atomic E-state index is 5.81.